The summed E-state index contributed by atoms with van der Waals surface area (Å²) >= 11 is 1.63. The molecular weight excluding hydrogens is 1060 g/mol. The smallest absolute Gasteiger partial charge is 0.407 e. The average Bonchev–Trinajstić information content (AvgIpc) is 4.32. The number of halogens is 1. The van der Waals surface area contributed by atoms with Gasteiger partial charge in [0.25, 0.3) is 0 Å². The van der Waals surface area contributed by atoms with Crippen LogP contribution in [0.25, 0.3) is 54.8 Å². The maximum Gasteiger partial charge on any atom is 0.407 e. The lowest BCUT2D eigenvalue weighted by molar-refractivity contribution is -0.138. The minimum atomic E-state index is -0.778. The van der Waals surface area contributed by atoms with Gasteiger partial charge in [-0.1, -0.05) is 38.1 Å². The number of hydrogen-bond donors (Lipinski definition) is 4. The van der Waals surface area contributed by atoms with Crippen molar-refractivity contribution < 1.29 is 42.5 Å². The van der Waals surface area contributed by atoms with E-state index in [4.69, 9.17) is 28.9 Å². The predicted octanol–water partition coefficient (Wildman–Crippen LogP) is 10.4. The average molecular weight is 1130 g/mol. The van der Waals surface area contributed by atoms with Crippen LogP contribution in [0.1, 0.15) is 101 Å². The number of aromatic amines is 2. The molecule has 77 heavy (non-hydrogen) atoms. The number of imidazole rings is 2. The maximum atomic E-state index is 17.1. The zero-order valence-electron chi connectivity index (χ0n) is 43.6. The van der Waals surface area contributed by atoms with E-state index in [1.54, 1.807) is 28.6 Å². The van der Waals surface area contributed by atoms with Gasteiger partial charge in [0.2, 0.25) is 18.0 Å². The number of alkyl carbamates (subject to hydrolysis) is 2. The summed E-state index contributed by atoms with van der Waals surface area (Å²) in [5, 5.41) is 7.50. The van der Waals surface area contributed by atoms with Crippen LogP contribution in [0.2, 0.25) is 0 Å². The van der Waals surface area contributed by atoms with Crippen molar-refractivity contribution in [2.75, 3.05) is 27.3 Å². The second-order valence-corrected chi connectivity index (χ2v) is 21.5. The molecule has 0 spiro atoms. The highest BCUT2D eigenvalue weighted by atomic mass is 32.1. The van der Waals surface area contributed by atoms with Crippen molar-refractivity contribution >= 4 is 96.8 Å². The van der Waals surface area contributed by atoms with Crippen LogP contribution >= 0.6 is 51.8 Å². The normalized spacial score (nSPS) is 21.5. The molecule has 4 aliphatic rings. The number of benzene rings is 3. The Hall–Kier alpha value is -6.20. The molecule has 4 N–H and O–H groups in total. The van der Waals surface area contributed by atoms with Crippen LogP contribution in [0.15, 0.2) is 79.1 Å². The van der Waals surface area contributed by atoms with E-state index >= 15 is 4.39 Å². The first-order valence-electron chi connectivity index (χ1n) is 25.5. The fourth-order valence-electron chi connectivity index (χ4n) is 11.7. The van der Waals surface area contributed by atoms with Crippen molar-refractivity contribution in [3.05, 3.63) is 101 Å². The highest BCUT2D eigenvalue weighted by Gasteiger charge is 2.43. The van der Waals surface area contributed by atoms with Crippen molar-refractivity contribution in [2.45, 2.75) is 109 Å². The molecule has 0 radical (unpaired) electrons. The van der Waals surface area contributed by atoms with E-state index in [1.165, 1.54) is 20.3 Å². The largest absolute Gasteiger partial charge is 0.464 e. The number of rotatable bonds is 11. The summed E-state index contributed by atoms with van der Waals surface area (Å²) in [7, 11) is 2.57. The maximum absolute atomic E-state index is 17.1. The summed E-state index contributed by atoms with van der Waals surface area (Å²) in [5.74, 6) is 0.437. The number of carbonyl (C=O) groups is 4. The molecule has 22 heteroatoms. The van der Waals surface area contributed by atoms with Crippen molar-refractivity contribution in [3.8, 4) is 39.5 Å². The van der Waals surface area contributed by atoms with E-state index in [9.17, 15) is 19.2 Å². The monoisotopic (exact) mass is 1130 g/mol. The van der Waals surface area contributed by atoms with Crippen LogP contribution < -0.4 is 15.4 Å². The molecule has 8 atom stereocenters. The fraction of sp³-hybridized carbons (Fsp3) is 0.418. The lowest BCUT2D eigenvalue weighted by atomic mass is 9.85. The molecule has 11 rings (SSSR count). The van der Waals surface area contributed by atoms with Crippen LogP contribution in [-0.2, 0) is 23.8 Å². The van der Waals surface area contributed by atoms with Crippen LogP contribution in [0.3, 0.4) is 0 Å². The number of nitrogens with one attached hydrogen (secondary N) is 4. The minimum Gasteiger partial charge on any atom is -0.464 e. The van der Waals surface area contributed by atoms with Gasteiger partial charge in [0.05, 0.1) is 83.9 Å². The van der Waals surface area contributed by atoms with E-state index in [0.717, 1.165) is 50.0 Å². The number of H-pyrrole nitrogens is 2. The Bertz CT molecular complexity index is 3260. The summed E-state index contributed by atoms with van der Waals surface area (Å²) in [6.45, 7) is 8.76. The molecule has 3 aromatic carbocycles. The third-order valence-electron chi connectivity index (χ3n) is 15.1. The molecular formula is C55H66FN9O8S4. The first kappa shape index (κ1) is 57.0. The molecule has 0 bridgehead atoms. The number of likely N-dealkylation sites (tertiary alicyclic amines) is 2. The number of hydrogen-bond acceptors (Lipinski definition) is 11. The Kier molecular flexibility index (Phi) is 17.3. The molecule has 3 saturated heterocycles. The Labute approximate surface area is 470 Å². The number of thiophene rings is 1. The zero-order valence-corrected chi connectivity index (χ0v) is 47.5. The number of aromatic nitrogens is 5. The summed E-state index contributed by atoms with van der Waals surface area (Å²) in [6.07, 6.45) is 5.56. The first-order chi connectivity index (χ1) is 35.8. The zero-order chi connectivity index (χ0) is 51.5. The quantitative estimate of drug-likeness (QED) is 0.0967. The molecule has 4 aliphatic heterocycles. The Balaban J connectivity index is 0.00000261. The van der Waals surface area contributed by atoms with E-state index in [-0.39, 0.29) is 88.4 Å². The van der Waals surface area contributed by atoms with Gasteiger partial charge in [-0.15, -0.1) is 11.3 Å². The molecule has 3 fully saturated rings. The van der Waals surface area contributed by atoms with Crippen molar-refractivity contribution in [1.82, 2.24) is 44.9 Å². The Morgan fingerprint density at radius 3 is 2.03 bits per heavy atom. The number of nitrogens with zero attached hydrogens (tertiary/aromatic N) is 5. The molecule has 8 heterocycles. The summed E-state index contributed by atoms with van der Waals surface area (Å²) < 4.78 is 42.9. The van der Waals surface area contributed by atoms with E-state index in [1.807, 2.05) is 69.0 Å². The molecule has 7 aromatic rings. The summed E-state index contributed by atoms with van der Waals surface area (Å²) in [5.41, 5.74) is 4.56. The van der Waals surface area contributed by atoms with E-state index < -0.39 is 36.3 Å². The topological polar surface area (TPSA) is 198 Å². The van der Waals surface area contributed by atoms with Crippen molar-refractivity contribution in [1.29, 1.82) is 0 Å². The van der Waals surface area contributed by atoms with Crippen LogP contribution in [0, 0.1) is 17.7 Å². The molecule has 17 nitrogen and oxygen atoms in total. The van der Waals surface area contributed by atoms with Gasteiger partial charge in [-0.2, -0.15) is 40.5 Å². The number of methoxy groups -OCH3 is 2. The summed E-state index contributed by atoms with van der Waals surface area (Å²) in [6, 6.07) is 19.5. The van der Waals surface area contributed by atoms with Gasteiger partial charge in [-0.05, 0) is 112 Å². The molecule has 4 aromatic heterocycles. The molecule has 4 amide bonds. The van der Waals surface area contributed by atoms with E-state index in [0.29, 0.717) is 78.7 Å². The van der Waals surface area contributed by atoms with Gasteiger partial charge in [-0.3, -0.25) is 14.2 Å². The highest BCUT2D eigenvalue weighted by Crippen LogP contribution is 2.49. The lowest BCUT2D eigenvalue weighted by Crippen LogP contribution is -2.54. The van der Waals surface area contributed by atoms with Crippen LogP contribution in [-0.4, -0.2) is 110 Å². The van der Waals surface area contributed by atoms with Gasteiger partial charge >= 0.3 is 12.2 Å². The van der Waals surface area contributed by atoms with Gasteiger partial charge < -0.3 is 49.3 Å². The highest BCUT2D eigenvalue weighted by molar-refractivity contribution is 7.59. The first-order valence-corrected chi connectivity index (χ1v) is 26.3. The molecule has 410 valence electrons. The van der Waals surface area contributed by atoms with Gasteiger partial charge in [0.1, 0.15) is 35.3 Å². The number of fused-ring (bicyclic) bond motifs is 6. The van der Waals surface area contributed by atoms with E-state index in [2.05, 4.69) is 49.4 Å². The number of carbonyl (C=O) groups excluding carboxylic acids is 4. The van der Waals surface area contributed by atoms with Crippen LogP contribution in [0.5, 0.6) is 5.75 Å². The number of amides is 4. The minimum absolute atomic E-state index is 0. The van der Waals surface area contributed by atoms with Gasteiger partial charge in [-0.25, -0.2) is 23.9 Å². The van der Waals surface area contributed by atoms with Gasteiger partial charge in [0.15, 0.2) is 0 Å². The SMILES string of the molecule is COC(=O)NC(C(=O)N1CCC[C@H]1c1ncc(-c2ccc3c(c2)cc2n3C(c3cc4ccccc4s3)Oc3cc(-c4cnc([C@@H]5CCCN5C(=O)[C@@H](NC(=O)OC)C(C)C)[nH]4)cc(F)c3-2)[nH]1)C1C[C@@H](C)O[C@@H](C)C1.S.S.S. The number of ether oxygens (including phenoxy) is 4. The molecule has 0 aliphatic carbocycles. The van der Waals surface area contributed by atoms with Crippen molar-refractivity contribution in [2.24, 2.45) is 11.8 Å². The second-order valence-electron chi connectivity index (χ2n) is 20.4. The second kappa shape index (κ2) is 23.4. The lowest BCUT2D eigenvalue weighted by Gasteiger charge is -2.38. The third-order valence-corrected chi connectivity index (χ3v) is 16.3. The standard InChI is InChI=1S/C55H60FN9O8S.3H2S/c1-28(2)47(61-54(68)70-5)51(66)63-17-9-12-40(63)50-58-27-38(60-50)33-22-36(56)46-42-23-34-21-31(15-16-39(34)65(42)53(73-43(46)24-33)45-25-32-11-7-8-14-44(32)74-45)37-26-57-49(59-37)41-13-10-18-64(41)52(67)48(62-55(69)71-6)35-19-29(3)72-30(4)20-35;;;/h7-8,11,14-16,21-30,35,40-41,47-48,53H,9-10,12-13,17-20H2,1-6H3,(H,57,59)(H,58,60)(H,61,68)(H,62,69);3*1H2/t29-,30+,35?,40-,41-,47-,48?,53?;;;/m0.../s1. The summed E-state index contributed by atoms with van der Waals surface area (Å²) in [4.78, 5) is 74.1. The van der Waals surface area contributed by atoms with Gasteiger partial charge in [0, 0.05) is 34.3 Å². The third kappa shape index (κ3) is 10.9. The molecule has 0 saturated carbocycles. The molecule has 3 unspecified atom stereocenters. The Morgan fingerprint density at radius 1 is 0.766 bits per heavy atom. The Morgan fingerprint density at radius 2 is 1.39 bits per heavy atom. The fourth-order valence-corrected chi connectivity index (χ4v) is 12.8. The van der Waals surface area contributed by atoms with Crippen molar-refractivity contribution in [3.63, 3.8) is 0 Å². The predicted molar refractivity (Wildman–Crippen MR) is 308 cm³/mol. The van der Waals surface area contributed by atoms with Crippen LogP contribution in [0.4, 0.5) is 14.0 Å².